The van der Waals surface area contributed by atoms with E-state index in [1.165, 1.54) is 0 Å². The number of phenols is 2. The molecule has 0 fully saturated rings. The quantitative estimate of drug-likeness (QED) is 0.780. The van der Waals surface area contributed by atoms with Crippen molar-refractivity contribution in [3.05, 3.63) is 58.7 Å². The maximum atomic E-state index is 9.28. The molecule has 0 saturated carbocycles. The van der Waals surface area contributed by atoms with Crippen LogP contribution in [0.2, 0.25) is 0 Å². The van der Waals surface area contributed by atoms with E-state index in [1.54, 1.807) is 12.1 Å². The molecule has 2 heteroatoms. The molecule has 108 valence electrons. The number of rotatable bonds is 1. The zero-order chi connectivity index (χ0) is 15.3. The van der Waals surface area contributed by atoms with Gasteiger partial charge in [-0.1, -0.05) is 38.1 Å². The van der Waals surface area contributed by atoms with Gasteiger partial charge in [-0.05, 0) is 61.1 Å². The second-order valence-electron chi connectivity index (χ2n) is 5.44. The summed E-state index contributed by atoms with van der Waals surface area (Å²) >= 11 is 0. The van der Waals surface area contributed by atoms with Crippen molar-refractivity contribution < 1.29 is 10.2 Å². The highest BCUT2D eigenvalue weighted by Gasteiger charge is 2.02. The summed E-state index contributed by atoms with van der Waals surface area (Å²) in [6.07, 6.45) is 0. The van der Waals surface area contributed by atoms with Crippen molar-refractivity contribution in [3.8, 4) is 11.5 Å². The predicted octanol–water partition coefficient (Wildman–Crippen LogP) is 4.83. The number of aromatic hydroxyl groups is 2. The fourth-order valence-electron chi connectivity index (χ4n) is 1.99. The lowest BCUT2D eigenvalue weighted by Crippen LogP contribution is -1.85. The minimum atomic E-state index is 0.400. The van der Waals surface area contributed by atoms with Crippen LogP contribution in [0.15, 0.2) is 36.4 Å². The first kappa shape index (κ1) is 16.1. The smallest absolute Gasteiger partial charge is 0.119 e. The first-order valence-electron chi connectivity index (χ1n) is 6.87. The minimum absolute atomic E-state index is 0.400. The van der Waals surface area contributed by atoms with Crippen LogP contribution in [0.3, 0.4) is 0 Å². The highest BCUT2D eigenvalue weighted by atomic mass is 16.3. The Morgan fingerprint density at radius 2 is 1.45 bits per heavy atom. The number of hydrogen-bond donors (Lipinski definition) is 2. The average Bonchev–Trinajstić information content (AvgIpc) is 2.36. The van der Waals surface area contributed by atoms with Crippen molar-refractivity contribution in [2.45, 2.75) is 40.5 Å². The van der Waals surface area contributed by atoms with E-state index in [4.69, 9.17) is 0 Å². The summed E-state index contributed by atoms with van der Waals surface area (Å²) in [4.78, 5) is 0. The fraction of sp³-hybridized carbons (Fsp3) is 0.333. The highest BCUT2D eigenvalue weighted by molar-refractivity contribution is 5.40. The number of hydrogen-bond acceptors (Lipinski definition) is 2. The summed E-state index contributed by atoms with van der Waals surface area (Å²) in [6, 6.07) is 11.3. The molecule has 0 atom stereocenters. The summed E-state index contributed by atoms with van der Waals surface area (Å²) in [7, 11) is 0. The molecule has 2 aromatic rings. The molecule has 0 radical (unpaired) electrons. The molecule has 0 aliphatic rings. The Morgan fingerprint density at radius 1 is 0.850 bits per heavy atom. The molecule has 0 heterocycles. The molecule has 0 aromatic heterocycles. The summed E-state index contributed by atoms with van der Waals surface area (Å²) in [6.45, 7) is 10.0. The molecule has 20 heavy (non-hydrogen) atoms. The lowest BCUT2D eigenvalue weighted by molar-refractivity contribution is 0.465. The zero-order valence-electron chi connectivity index (χ0n) is 12.9. The Hall–Kier alpha value is -1.96. The van der Waals surface area contributed by atoms with Crippen LogP contribution in [0.1, 0.15) is 42.0 Å². The molecule has 0 bridgehead atoms. The van der Waals surface area contributed by atoms with Gasteiger partial charge in [0.1, 0.15) is 11.5 Å². The third-order valence-corrected chi connectivity index (χ3v) is 3.34. The van der Waals surface area contributed by atoms with Gasteiger partial charge in [-0.25, -0.2) is 0 Å². The molecular formula is C18H24O2. The molecule has 2 nitrogen and oxygen atoms in total. The Kier molecular flexibility index (Phi) is 5.63. The topological polar surface area (TPSA) is 40.5 Å². The van der Waals surface area contributed by atoms with Crippen LogP contribution >= 0.6 is 0 Å². The van der Waals surface area contributed by atoms with Crippen molar-refractivity contribution in [2.24, 2.45) is 0 Å². The third-order valence-electron chi connectivity index (χ3n) is 3.34. The van der Waals surface area contributed by atoms with E-state index in [2.05, 4.69) is 19.9 Å². The van der Waals surface area contributed by atoms with E-state index in [9.17, 15) is 10.2 Å². The van der Waals surface area contributed by atoms with Crippen LogP contribution in [-0.2, 0) is 0 Å². The van der Waals surface area contributed by atoms with Gasteiger partial charge in [-0.15, -0.1) is 0 Å². The molecule has 2 rings (SSSR count). The van der Waals surface area contributed by atoms with Crippen LogP contribution in [0, 0.1) is 20.8 Å². The van der Waals surface area contributed by atoms with Gasteiger partial charge in [0.05, 0.1) is 0 Å². The van der Waals surface area contributed by atoms with Gasteiger partial charge in [0.25, 0.3) is 0 Å². The van der Waals surface area contributed by atoms with Crippen molar-refractivity contribution in [1.29, 1.82) is 0 Å². The monoisotopic (exact) mass is 272 g/mol. The van der Waals surface area contributed by atoms with Crippen molar-refractivity contribution in [3.63, 3.8) is 0 Å². The zero-order valence-corrected chi connectivity index (χ0v) is 12.9. The average molecular weight is 272 g/mol. The van der Waals surface area contributed by atoms with Crippen molar-refractivity contribution in [2.75, 3.05) is 0 Å². The van der Waals surface area contributed by atoms with E-state index in [1.807, 2.05) is 39.0 Å². The molecule has 2 N–H and O–H groups in total. The van der Waals surface area contributed by atoms with E-state index in [-0.39, 0.29) is 0 Å². The molecule has 0 aliphatic heterocycles. The van der Waals surface area contributed by atoms with Crippen LogP contribution in [0.4, 0.5) is 0 Å². The highest BCUT2D eigenvalue weighted by Crippen LogP contribution is 2.23. The van der Waals surface area contributed by atoms with Crippen LogP contribution in [0.25, 0.3) is 0 Å². The number of aryl methyl sites for hydroxylation is 2. The molecular weight excluding hydrogens is 248 g/mol. The molecule has 0 saturated heterocycles. The van der Waals surface area contributed by atoms with Crippen LogP contribution in [-0.4, -0.2) is 10.2 Å². The third kappa shape index (κ3) is 4.30. The van der Waals surface area contributed by atoms with E-state index in [0.29, 0.717) is 17.4 Å². The summed E-state index contributed by atoms with van der Waals surface area (Å²) in [5.41, 5.74) is 4.26. The van der Waals surface area contributed by atoms with E-state index in [0.717, 1.165) is 22.3 Å². The maximum absolute atomic E-state index is 9.28. The summed E-state index contributed by atoms with van der Waals surface area (Å²) in [5.74, 6) is 1.20. The fourth-order valence-corrected chi connectivity index (χ4v) is 1.99. The van der Waals surface area contributed by atoms with Gasteiger partial charge in [0.15, 0.2) is 0 Å². The molecule has 0 spiro atoms. The number of para-hydroxylation sites is 1. The lowest BCUT2D eigenvalue weighted by Gasteiger charge is -2.05. The number of phenolic OH excluding ortho intramolecular Hbond substituents is 2. The normalized spacial score (nSPS) is 10.1. The first-order chi connectivity index (χ1) is 9.32. The standard InChI is InChI=1S/2C9H12O/c1-6-4-7(2)8(3)9(10)5-6;1-7(2)8-5-3-4-6-9(8)10/h4-5,10H,1-3H3;3-7,10H,1-2H3. The maximum Gasteiger partial charge on any atom is 0.119 e. The minimum Gasteiger partial charge on any atom is -0.508 e. The molecule has 0 unspecified atom stereocenters. The van der Waals surface area contributed by atoms with Crippen molar-refractivity contribution in [1.82, 2.24) is 0 Å². The van der Waals surface area contributed by atoms with Gasteiger partial charge in [0, 0.05) is 0 Å². The lowest BCUT2D eigenvalue weighted by atomic mass is 10.0. The largest absolute Gasteiger partial charge is 0.508 e. The van der Waals surface area contributed by atoms with Crippen LogP contribution in [0.5, 0.6) is 11.5 Å². The predicted molar refractivity (Wildman–Crippen MR) is 84.5 cm³/mol. The van der Waals surface area contributed by atoms with Gasteiger partial charge < -0.3 is 10.2 Å². The second-order valence-corrected chi connectivity index (χ2v) is 5.44. The molecule has 2 aromatic carbocycles. The Labute approximate surface area is 121 Å². The Balaban J connectivity index is 0.000000200. The SMILES string of the molecule is CC(C)c1ccccc1O.Cc1cc(C)c(C)c(O)c1. The Bertz CT molecular complexity index is 548. The van der Waals surface area contributed by atoms with E-state index < -0.39 is 0 Å². The van der Waals surface area contributed by atoms with Gasteiger partial charge in [-0.3, -0.25) is 0 Å². The summed E-state index contributed by atoms with van der Waals surface area (Å²) in [5, 5.41) is 18.6. The summed E-state index contributed by atoms with van der Waals surface area (Å²) < 4.78 is 0. The Morgan fingerprint density at radius 3 is 1.90 bits per heavy atom. The number of benzene rings is 2. The second kappa shape index (κ2) is 6.99. The molecule has 0 amide bonds. The van der Waals surface area contributed by atoms with E-state index >= 15 is 0 Å². The first-order valence-corrected chi connectivity index (χ1v) is 6.87. The van der Waals surface area contributed by atoms with Gasteiger partial charge in [-0.2, -0.15) is 0 Å². The van der Waals surface area contributed by atoms with Crippen LogP contribution < -0.4 is 0 Å². The molecule has 0 aliphatic carbocycles. The van der Waals surface area contributed by atoms with Gasteiger partial charge in [0.2, 0.25) is 0 Å². The van der Waals surface area contributed by atoms with Gasteiger partial charge >= 0.3 is 0 Å². The van der Waals surface area contributed by atoms with Crippen molar-refractivity contribution >= 4 is 0 Å².